The number of alkyl carbamates (subject to hydrolysis) is 1. The number of amides is 2. The molecule has 0 radical (unpaired) electrons. The SMILES string of the molecule is CCn1nc(C(=O)NCC2(O)CCC(S(C)(=O)=O)CC2NC(=O)OCc2ccccc2)c(Cl)c1-c1ccc(CC(C)(C)C(F)(F)F)cc1OC(F)F. The van der Waals surface area contributed by atoms with Crippen molar-refractivity contribution < 1.29 is 54.5 Å². The summed E-state index contributed by atoms with van der Waals surface area (Å²) in [5, 5.41) is 19.8. The zero-order valence-electron chi connectivity index (χ0n) is 28.8. The lowest BCUT2D eigenvalue weighted by Crippen LogP contribution is -2.62. The van der Waals surface area contributed by atoms with E-state index in [0.29, 0.717) is 5.56 Å². The van der Waals surface area contributed by atoms with Gasteiger partial charge in [0.15, 0.2) is 5.69 Å². The first kappa shape index (κ1) is 40.8. The number of sulfone groups is 1. The van der Waals surface area contributed by atoms with Crippen molar-refractivity contribution in [3.8, 4) is 17.0 Å². The normalized spacial score (nSPS) is 19.7. The molecule has 0 spiro atoms. The number of carbonyl (C=O) groups is 2. The highest BCUT2D eigenvalue weighted by atomic mass is 35.5. The summed E-state index contributed by atoms with van der Waals surface area (Å²) in [4.78, 5) is 26.2. The fourth-order valence-corrected chi connectivity index (χ4v) is 7.36. The molecule has 1 aliphatic rings. The van der Waals surface area contributed by atoms with Gasteiger partial charge < -0.3 is 25.2 Å². The molecular weight excluding hydrogens is 739 g/mol. The number of nitrogens with one attached hydrogen (secondary N) is 2. The van der Waals surface area contributed by atoms with Crippen molar-refractivity contribution in [2.24, 2.45) is 5.41 Å². The molecule has 0 aliphatic heterocycles. The Kier molecular flexibility index (Phi) is 12.5. The monoisotopic (exact) mass is 778 g/mol. The third-order valence-corrected chi connectivity index (χ3v) is 11.0. The zero-order valence-corrected chi connectivity index (χ0v) is 30.3. The third kappa shape index (κ3) is 9.72. The largest absolute Gasteiger partial charge is 0.445 e. The molecule has 3 atom stereocenters. The number of hydrogen-bond acceptors (Lipinski definition) is 8. The lowest BCUT2D eigenvalue weighted by atomic mass is 9.80. The summed E-state index contributed by atoms with van der Waals surface area (Å²) in [5.41, 5.74) is -3.74. The Hall–Kier alpha value is -3.96. The first-order chi connectivity index (χ1) is 24.1. The lowest BCUT2D eigenvalue weighted by molar-refractivity contribution is -0.211. The van der Waals surface area contributed by atoms with Crippen LogP contribution in [0.2, 0.25) is 5.02 Å². The molecule has 1 fully saturated rings. The number of aliphatic hydroxyl groups is 1. The second kappa shape index (κ2) is 16.0. The molecule has 18 heteroatoms. The number of carbonyl (C=O) groups excluding carboxylic acids is 2. The highest BCUT2D eigenvalue weighted by Gasteiger charge is 2.48. The molecule has 2 amide bonds. The minimum absolute atomic E-state index is 0.0281. The Labute approximate surface area is 302 Å². The molecule has 2 aromatic carbocycles. The van der Waals surface area contributed by atoms with Gasteiger partial charge >= 0.3 is 18.9 Å². The predicted octanol–water partition coefficient (Wildman–Crippen LogP) is 6.31. The van der Waals surface area contributed by atoms with E-state index in [0.717, 1.165) is 26.2 Å². The average Bonchev–Trinajstić information content (AvgIpc) is 3.38. The van der Waals surface area contributed by atoms with Crippen LogP contribution in [-0.2, 0) is 34.1 Å². The second-order valence-electron chi connectivity index (χ2n) is 13.4. The van der Waals surface area contributed by atoms with Crippen LogP contribution >= 0.6 is 11.6 Å². The maximum atomic E-state index is 13.6. The zero-order chi connectivity index (χ0) is 38.6. The van der Waals surface area contributed by atoms with Crippen LogP contribution in [0.3, 0.4) is 0 Å². The Morgan fingerprint density at radius 2 is 1.81 bits per heavy atom. The molecule has 52 heavy (non-hydrogen) atoms. The summed E-state index contributed by atoms with van der Waals surface area (Å²) in [6, 6.07) is 11.2. The van der Waals surface area contributed by atoms with E-state index in [4.69, 9.17) is 16.3 Å². The Balaban J connectivity index is 1.58. The molecular formula is C34H40ClF5N4O7S. The van der Waals surface area contributed by atoms with E-state index in [-0.39, 0.29) is 60.0 Å². The highest BCUT2D eigenvalue weighted by Crippen LogP contribution is 2.43. The van der Waals surface area contributed by atoms with Gasteiger partial charge in [-0.1, -0.05) is 61.8 Å². The van der Waals surface area contributed by atoms with Crippen LogP contribution in [0.25, 0.3) is 11.3 Å². The maximum absolute atomic E-state index is 13.6. The number of benzene rings is 2. The standard InChI is InChI=1S/C34H40ClF5N4O7S/c1-5-44-28(23-12-11-21(15-24(23)51-30(36)37)17-32(2,3)34(38,39)40)26(35)27(43-44)29(45)41-19-33(47)14-13-22(52(4,48)49)16-25(33)42-31(46)50-18-20-9-7-6-8-10-20/h6-12,15,22,25,30,47H,5,13-14,16-19H2,1-4H3,(H,41,45)(H,42,46). The summed E-state index contributed by atoms with van der Waals surface area (Å²) in [6.45, 7) is -0.270. The summed E-state index contributed by atoms with van der Waals surface area (Å²) in [7, 11) is -3.57. The van der Waals surface area contributed by atoms with Crippen molar-refractivity contribution in [1.82, 2.24) is 20.4 Å². The van der Waals surface area contributed by atoms with Gasteiger partial charge in [0, 0.05) is 24.9 Å². The second-order valence-corrected chi connectivity index (χ2v) is 16.1. The van der Waals surface area contributed by atoms with E-state index >= 15 is 0 Å². The third-order valence-electron chi connectivity index (χ3n) is 9.05. The van der Waals surface area contributed by atoms with Crippen molar-refractivity contribution >= 4 is 33.4 Å². The van der Waals surface area contributed by atoms with Crippen molar-refractivity contribution in [1.29, 1.82) is 0 Å². The number of aromatic nitrogens is 2. The van der Waals surface area contributed by atoms with E-state index < -0.39 is 75.6 Å². The van der Waals surface area contributed by atoms with Gasteiger partial charge in [-0.3, -0.25) is 9.48 Å². The first-order valence-corrected chi connectivity index (χ1v) is 18.6. The molecule has 3 unspecified atom stereocenters. The van der Waals surface area contributed by atoms with Crippen LogP contribution in [0.15, 0.2) is 48.5 Å². The van der Waals surface area contributed by atoms with E-state index in [1.165, 1.54) is 16.8 Å². The highest BCUT2D eigenvalue weighted by molar-refractivity contribution is 7.91. The molecule has 1 saturated carbocycles. The van der Waals surface area contributed by atoms with Crippen molar-refractivity contribution in [3.05, 3.63) is 70.4 Å². The predicted molar refractivity (Wildman–Crippen MR) is 182 cm³/mol. The molecule has 4 rings (SSSR count). The van der Waals surface area contributed by atoms with Crippen molar-refractivity contribution in [3.63, 3.8) is 0 Å². The molecule has 1 aromatic heterocycles. The summed E-state index contributed by atoms with van der Waals surface area (Å²) in [5.74, 6) is -1.39. The number of aryl methyl sites for hydroxylation is 1. The van der Waals surface area contributed by atoms with Gasteiger partial charge in [0.05, 0.1) is 27.4 Å². The number of alkyl halides is 5. The summed E-state index contributed by atoms with van der Waals surface area (Å²) < 4.78 is 104. The fourth-order valence-electron chi connectivity index (χ4n) is 5.95. The molecule has 3 aromatic rings. The number of rotatable bonds is 13. The molecule has 1 aliphatic carbocycles. The lowest BCUT2D eigenvalue weighted by Gasteiger charge is -2.42. The van der Waals surface area contributed by atoms with Gasteiger partial charge in [-0.05, 0) is 55.9 Å². The van der Waals surface area contributed by atoms with Crippen LogP contribution in [0.4, 0.5) is 26.7 Å². The van der Waals surface area contributed by atoms with Gasteiger partial charge in [-0.2, -0.15) is 27.1 Å². The van der Waals surface area contributed by atoms with Crippen LogP contribution in [0.1, 0.15) is 61.6 Å². The number of hydrogen-bond donors (Lipinski definition) is 3. The smallest absolute Gasteiger partial charge is 0.407 e. The number of nitrogens with zero attached hydrogens (tertiary/aromatic N) is 2. The molecule has 0 bridgehead atoms. The van der Waals surface area contributed by atoms with Gasteiger partial charge in [0.25, 0.3) is 5.91 Å². The Morgan fingerprint density at radius 3 is 2.40 bits per heavy atom. The molecule has 1 heterocycles. The molecule has 0 saturated heterocycles. The average molecular weight is 779 g/mol. The van der Waals surface area contributed by atoms with E-state index in [1.54, 1.807) is 37.3 Å². The van der Waals surface area contributed by atoms with Gasteiger partial charge in [0.1, 0.15) is 27.8 Å². The van der Waals surface area contributed by atoms with Crippen molar-refractivity contribution in [2.45, 2.75) is 89.3 Å². The molecule has 286 valence electrons. The molecule has 3 N–H and O–H groups in total. The fraction of sp³-hybridized carbons (Fsp3) is 0.500. The van der Waals surface area contributed by atoms with Crippen molar-refractivity contribution in [2.75, 3.05) is 12.8 Å². The minimum Gasteiger partial charge on any atom is -0.445 e. The van der Waals surface area contributed by atoms with Crippen LogP contribution < -0.4 is 15.4 Å². The van der Waals surface area contributed by atoms with Crippen LogP contribution in [-0.4, -0.2) is 77.8 Å². The quantitative estimate of drug-likeness (QED) is 0.171. The summed E-state index contributed by atoms with van der Waals surface area (Å²) in [6.07, 6.45) is -5.28. The number of ether oxygens (including phenoxy) is 2. The maximum Gasteiger partial charge on any atom is 0.407 e. The summed E-state index contributed by atoms with van der Waals surface area (Å²) >= 11 is 6.62. The number of halogens is 6. The minimum atomic E-state index is -4.58. The van der Waals surface area contributed by atoms with Gasteiger partial charge in [-0.25, -0.2) is 13.2 Å². The van der Waals surface area contributed by atoms with Crippen LogP contribution in [0, 0.1) is 5.41 Å². The first-order valence-electron chi connectivity index (χ1n) is 16.2. The van der Waals surface area contributed by atoms with E-state index in [1.807, 2.05) is 0 Å². The van der Waals surface area contributed by atoms with Crippen LogP contribution in [0.5, 0.6) is 5.75 Å². The Bertz CT molecular complexity index is 1860. The molecule has 11 nitrogen and oxygen atoms in total. The van der Waals surface area contributed by atoms with Gasteiger partial charge in [-0.15, -0.1) is 0 Å². The van der Waals surface area contributed by atoms with E-state index in [9.17, 15) is 45.1 Å². The van der Waals surface area contributed by atoms with E-state index in [2.05, 4.69) is 20.5 Å². The topological polar surface area (TPSA) is 149 Å². The van der Waals surface area contributed by atoms with Gasteiger partial charge in [0.2, 0.25) is 0 Å². The Morgan fingerprint density at radius 1 is 1.13 bits per heavy atom.